The maximum absolute atomic E-state index is 13.4. The highest BCUT2D eigenvalue weighted by Crippen LogP contribution is 2.64. The third-order valence-corrected chi connectivity index (χ3v) is 8.62. The third kappa shape index (κ3) is 3.62. The van der Waals surface area contributed by atoms with Crippen LogP contribution in [0.5, 0.6) is 5.75 Å². The van der Waals surface area contributed by atoms with Crippen molar-refractivity contribution < 1.29 is 14.5 Å². The molecule has 3 aliphatic carbocycles. The van der Waals surface area contributed by atoms with Crippen molar-refractivity contribution in [2.75, 3.05) is 0 Å². The Morgan fingerprint density at radius 2 is 1.87 bits per heavy atom. The zero-order valence-corrected chi connectivity index (χ0v) is 18.9. The van der Waals surface area contributed by atoms with Crippen molar-refractivity contribution in [1.29, 1.82) is 0 Å². The molecule has 4 rings (SSSR count). The van der Waals surface area contributed by atoms with Gasteiger partial charge in [0.25, 0.3) is 5.69 Å². The molecule has 0 radical (unpaired) electrons. The van der Waals surface area contributed by atoms with Gasteiger partial charge in [-0.1, -0.05) is 38.0 Å². The molecule has 5 heteroatoms. The molecule has 0 aliphatic heterocycles. The molecule has 166 valence electrons. The molecule has 0 spiro atoms. The topological polar surface area (TPSA) is 69.4 Å². The molecular formula is C26H33NO4. The number of nitro benzene ring substituents is 1. The molecule has 0 N–H and O–H groups in total. The zero-order chi connectivity index (χ0) is 22.4. The van der Waals surface area contributed by atoms with E-state index in [4.69, 9.17) is 4.74 Å². The first-order valence-electron chi connectivity index (χ1n) is 11.4. The number of allylic oxidation sites excluding steroid dienone is 3. The Bertz CT molecular complexity index is 935. The van der Waals surface area contributed by atoms with E-state index in [-0.39, 0.29) is 28.4 Å². The van der Waals surface area contributed by atoms with Gasteiger partial charge in [-0.3, -0.25) is 14.9 Å². The monoisotopic (exact) mass is 423 g/mol. The minimum atomic E-state index is -0.542. The van der Waals surface area contributed by atoms with Crippen LogP contribution in [0, 0.1) is 38.2 Å². The highest BCUT2D eigenvalue weighted by Gasteiger charge is 2.58. The van der Waals surface area contributed by atoms with E-state index in [1.807, 2.05) is 0 Å². The van der Waals surface area contributed by atoms with Crippen molar-refractivity contribution in [2.45, 2.75) is 65.7 Å². The second-order valence-corrected chi connectivity index (χ2v) is 10.5. The molecule has 0 aromatic heterocycles. The molecule has 0 amide bonds. The van der Waals surface area contributed by atoms with Crippen LogP contribution in [0.2, 0.25) is 0 Å². The lowest BCUT2D eigenvalue weighted by Gasteiger charge is -2.59. The maximum atomic E-state index is 13.4. The van der Waals surface area contributed by atoms with E-state index in [0.29, 0.717) is 11.7 Å². The van der Waals surface area contributed by atoms with Gasteiger partial charge in [-0.05, 0) is 74.8 Å². The van der Waals surface area contributed by atoms with Crippen LogP contribution in [0.15, 0.2) is 48.6 Å². The predicted molar refractivity (Wildman–Crippen MR) is 121 cm³/mol. The Balaban J connectivity index is 1.58. The number of esters is 1. The van der Waals surface area contributed by atoms with Crippen LogP contribution in [0.3, 0.4) is 0 Å². The number of carbonyl (C=O) groups excluding carboxylic acids is 1. The molecule has 1 aromatic rings. The fraction of sp³-hybridized carbons (Fsp3) is 0.577. The highest BCUT2D eigenvalue weighted by molar-refractivity contribution is 5.79. The van der Waals surface area contributed by atoms with Crippen LogP contribution in [0.1, 0.15) is 65.7 Å². The summed E-state index contributed by atoms with van der Waals surface area (Å²) in [6, 6.07) is 5.79. The van der Waals surface area contributed by atoms with Gasteiger partial charge < -0.3 is 4.74 Å². The van der Waals surface area contributed by atoms with Gasteiger partial charge in [0.2, 0.25) is 0 Å². The van der Waals surface area contributed by atoms with Crippen molar-refractivity contribution in [1.82, 2.24) is 0 Å². The fourth-order valence-corrected chi connectivity index (χ4v) is 6.79. The first-order valence-corrected chi connectivity index (χ1v) is 11.4. The molecule has 5 nitrogen and oxygen atoms in total. The van der Waals surface area contributed by atoms with E-state index in [0.717, 1.165) is 44.9 Å². The Hall–Kier alpha value is -2.43. The average Bonchev–Trinajstić information content (AvgIpc) is 2.73. The standard InChI is InChI=1S/C26H33NO4/c1-5-24(2)16-13-21-18(17-24)7-12-22-25(21,3)14-6-15-26(22,4)23(28)31-20-10-8-19(9-11-20)27(29)30/h5,8-11,17,21-22H,1,6-7,12-16H2,2-4H3/t21-,22+,24+,25+,26+/m0/s1. The van der Waals surface area contributed by atoms with Crippen molar-refractivity contribution >= 4 is 11.7 Å². The summed E-state index contributed by atoms with van der Waals surface area (Å²) >= 11 is 0. The quantitative estimate of drug-likeness (QED) is 0.179. The van der Waals surface area contributed by atoms with Gasteiger partial charge in [-0.15, -0.1) is 6.58 Å². The number of fused-ring (bicyclic) bond motifs is 3. The van der Waals surface area contributed by atoms with Crippen LogP contribution in [0.25, 0.3) is 0 Å². The summed E-state index contributed by atoms with van der Waals surface area (Å²) in [5.74, 6) is 0.969. The fourth-order valence-electron chi connectivity index (χ4n) is 6.79. The Labute approximate surface area is 184 Å². The van der Waals surface area contributed by atoms with Gasteiger partial charge in [0.1, 0.15) is 5.75 Å². The summed E-state index contributed by atoms with van der Waals surface area (Å²) in [6.07, 6.45) is 11.8. The number of hydrogen-bond acceptors (Lipinski definition) is 4. The normalized spacial score (nSPS) is 37.1. The maximum Gasteiger partial charge on any atom is 0.317 e. The molecule has 0 heterocycles. The van der Waals surface area contributed by atoms with Crippen LogP contribution in [0.4, 0.5) is 5.69 Å². The number of benzene rings is 1. The number of rotatable bonds is 4. The van der Waals surface area contributed by atoms with E-state index in [9.17, 15) is 14.9 Å². The van der Waals surface area contributed by atoms with Crippen LogP contribution in [-0.2, 0) is 4.79 Å². The van der Waals surface area contributed by atoms with E-state index in [2.05, 4.69) is 39.5 Å². The lowest BCUT2D eigenvalue weighted by molar-refractivity contribution is -0.384. The lowest BCUT2D eigenvalue weighted by Crippen LogP contribution is -2.55. The minimum absolute atomic E-state index is 0.00771. The van der Waals surface area contributed by atoms with E-state index >= 15 is 0 Å². The molecular weight excluding hydrogens is 390 g/mol. The Morgan fingerprint density at radius 3 is 2.52 bits per heavy atom. The second kappa shape index (κ2) is 7.61. The van der Waals surface area contributed by atoms with Crippen LogP contribution >= 0.6 is 0 Å². The largest absolute Gasteiger partial charge is 0.426 e. The summed E-state index contributed by atoms with van der Waals surface area (Å²) < 4.78 is 5.78. The highest BCUT2D eigenvalue weighted by atomic mass is 16.6. The smallest absolute Gasteiger partial charge is 0.317 e. The predicted octanol–water partition coefficient (Wildman–Crippen LogP) is 6.64. The average molecular weight is 424 g/mol. The zero-order valence-electron chi connectivity index (χ0n) is 18.9. The van der Waals surface area contributed by atoms with Gasteiger partial charge in [-0.2, -0.15) is 0 Å². The molecule has 2 saturated carbocycles. The third-order valence-electron chi connectivity index (χ3n) is 8.62. The molecule has 0 bridgehead atoms. The molecule has 0 unspecified atom stereocenters. The van der Waals surface area contributed by atoms with Gasteiger partial charge >= 0.3 is 5.97 Å². The van der Waals surface area contributed by atoms with Gasteiger partial charge in [-0.25, -0.2) is 0 Å². The van der Waals surface area contributed by atoms with Gasteiger partial charge in [0.05, 0.1) is 10.3 Å². The first kappa shape index (κ1) is 21.8. The SMILES string of the molecule is C=C[C@@]1(C)C=C2CC[C@@H]3[C@](C)(CCC[C@@]3(C)C(=O)Oc3ccc([N+](=O)[O-])cc3)[C@H]2CC1. The number of nitrogens with zero attached hydrogens (tertiary/aromatic N) is 1. The number of hydrogen-bond donors (Lipinski definition) is 0. The van der Waals surface area contributed by atoms with Crippen molar-refractivity contribution in [3.8, 4) is 5.75 Å². The molecule has 1 aromatic carbocycles. The van der Waals surface area contributed by atoms with Crippen molar-refractivity contribution in [3.05, 3.63) is 58.7 Å². The minimum Gasteiger partial charge on any atom is -0.426 e. The second-order valence-electron chi connectivity index (χ2n) is 10.5. The number of nitro groups is 1. The van der Waals surface area contributed by atoms with E-state index in [1.165, 1.54) is 24.3 Å². The molecule has 0 saturated heterocycles. The van der Waals surface area contributed by atoms with E-state index in [1.54, 1.807) is 5.57 Å². The summed E-state index contributed by atoms with van der Waals surface area (Å²) in [6.45, 7) is 10.8. The van der Waals surface area contributed by atoms with Gasteiger partial charge in [0.15, 0.2) is 0 Å². The number of non-ortho nitro benzene ring substituents is 1. The molecule has 3 aliphatic rings. The summed E-state index contributed by atoms with van der Waals surface area (Å²) in [4.78, 5) is 23.9. The van der Waals surface area contributed by atoms with Gasteiger partial charge in [0, 0.05) is 17.5 Å². The van der Waals surface area contributed by atoms with Crippen LogP contribution < -0.4 is 4.74 Å². The Kier molecular flexibility index (Phi) is 5.35. The number of ether oxygens (including phenoxy) is 1. The van der Waals surface area contributed by atoms with E-state index < -0.39 is 10.3 Å². The summed E-state index contributed by atoms with van der Waals surface area (Å²) in [7, 11) is 0. The first-order chi connectivity index (χ1) is 14.6. The summed E-state index contributed by atoms with van der Waals surface area (Å²) in [5.41, 5.74) is 1.18. The summed E-state index contributed by atoms with van der Waals surface area (Å²) in [5, 5.41) is 10.9. The Morgan fingerprint density at radius 1 is 1.16 bits per heavy atom. The molecule has 5 atom stereocenters. The molecule has 2 fully saturated rings. The van der Waals surface area contributed by atoms with Crippen molar-refractivity contribution in [3.63, 3.8) is 0 Å². The number of carbonyl (C=O) groups is 1. The van der Waals surface area contributed by atoms with Crippen LogP contribution in [-0.4, -0.2) is 10.9 Å². The lowest BCUT2D eigenvalue weighted by atomic mass is 9.45. The molecule has 31 heavy (non-hydrogen) atoms. The van der Waals surface area contributed by atoms with Crippen molar-refractivity contribution in [2.24, 2.45) is 28.1 Å².